The Morgan fingerprint density at radius 1 is 0.636 bits per heavy atom. The molecule has 55 heavy (non-hydrogen) atoms. The number of nitrogens with two attached hydrogens (primary N) is 1. The van der Waals surface area contributed by atoms with Crippen molar-refractivity contribution in [2.75, 3.05) is 13.1 Å². The highest BCUT2D eigenvalue weighted by molar-refractivity contribution is 6.00. The monoisotopic (exact) mass is 758 g/mol. The maximum atomic E-state index is 12.6. The van der Waals surface area contributed by atoms with Gasteiger partial charge in [0.1, 0.15) is 29.5 Å². The second kappa shape index (κ2) is 18.1. The standard InChI is InChI=1S/C20H13F3N2O2.C18H11F3O3.C2H4N2/c21-20(22,23)15-5-7-16(8-6-15)27-18-3-1-2-13-12-14(4-9-17(13)18)19(26)25-11-10-24;19-18(20,21)13-5-7-14(8-6-13)24-16-3-1-2-11-10-12(17(22)23)4-9-15(11)16;3-1-2-4/h1-9,12H,11H2,(H,25,26);1-10H,(H,22,23);1,3H2. The maximum absolute atomic E-state index is 12.6. The van der Waals surface area contributed by atoms with Crippen molar-refractivity contribution in [1.82, 2.24) is 5.32 Å². The number of halogens is 6. The van der Waals surface area contributed by atoms with Crippen LogP contribution in [-0.2, 0) is 12.4 Å². The average Bonchev–Trinajstić information content (AvgIpc) is 3.17. The molecule has 0 unspecified atom stereocenters. The predicted molar refractivity (Wildman–Crippen MR) is 191 cm³/mol. The molecule has 0 saturated carbocycles. The highest BCUT2D eigenvalue weighted by Gasteiger charge is 2.31. The number of nitriles is 2. The fraction of sp³-hybridized carbons (Fsp3) is 0.100. The van der Waals surface area contributed by atoms with E-state index in [1.54, 1.807) is 66.7 Å². The van der Waals surface area contributed by atoms with E-state index in [0.717, 1.165) is 29.7 Å². The molecular weight excluding hydrogens is 730 g/mol. The van der Waals surface area contributed by atoms with Crippen LogP contribution in [-0.4, -0.2) is 30.1 Å². The Kier molecular flexibility index (Phi) is 13.4. The minimum absolute atomic E-state index is 0.0893. The Balaban J connectivity index is 0.000000224. The van der Waals surface area contributed by atoms with E-state index in [1.165, 1.54) is 36.4 Å². The SMILES string of the molecule is N#CCN.N#CCNC(=O)c1ccc2c(Oc3ccc(C(F)(F)F)cc3)cccc2c1.O=C(O)c1ccc2c(Oc3ccc(C(F)(F)F)cc3)cccc2c1. The van der Waals surface area contributed by atoms with Crippen molar-refractivity contribution in [2.45, 2.75) is 12.4 Å². The Labute approximate surface area is 309 Å². The van der Waals surface area contributed by atoms with Crippen molar-refractivity contribution in [3.05, 3.63) is 144 Å². The number of nitrogens with zero attached hydrogens (tertiary/aromatic N) is 2. The normalized spacial score (nSPS) is 10.8. The fourth-order valence-corrected chi connectivity index (χ4v) is 4.86. The van der Waals surface area contributed by atoms with Gasteiger partial charge in [0.25, 0.3) is 5.91 Å². The number of alkyl halides is 6. The van der Waals surface area contributed by atoms with Crippen LogP contribution in [0.25, 0.3) is 21.5 Å². The summed E-state index contributed by atoms with van der Waals surface area (Å²) in [7, 11) is 0. The number of carboxylic acid groups (broad SMARTS) is 1. The number of rotatable bonds is 7. The Bertz CT molecular complexity index is 2370. The number of hydrogen-bond donors (Lipinski definition) is 3. The molecule has 0 fully saturated rings. The number of carbonyl (C=O) groups is 2. The molecule has 0 spiro atoms. The number of hydrogen-bond acceptors (Lipinski definition) is 7. The van der Waals surface area contributed by atoms with Crippen molar-refractivity contribution < 1.29 is 50.5 Å². The third kappa shape index (κ3) is 11.2. The van der Waals surface area contributed by atoms with Crippen LogP contribution in [0.1, 0.15) is 31.8 Å². The Morgan fingerprint density at radius 3 is 1.44 bits per heavy atom. The lowest BCUT2D eigenvalue weighted by Gasteiger charge is -2.11. The molecule has 0 radical (unpaired) electrons. The predicted octanol–water partition coefficient (Wildman–Crippen LogP) is 9.72. The van der Waals surface area contributed by atoms with E-state index in [0.29, 0.717) is 33.2 Å². The van der Waals surface area contributed by atoms with Crippen LogP contribution in [0, 0.1) is 22.7 Å². The van der Waals surface area contributed by atoms with E-state index in [4.69, 9.17) is 25.1 Å². The molecule has 0 atom stereocenters. The van der Waals surface area contributed by atoms with Gasteiger partial charge in [0, 0.05) is 16.3 Å². The zero-order valence-corrected chi connectivity index (χ0v) is 28.3. The Morgan fingerprint density at radius 2 is 1.05 bits per heavy atom. The summed E-state index contributed by atoms with van der Waals surface area (Å²) in [6.45, 7) is 0.0357. The first-order valence-corrected chi connectivity index (χ1v) is 15.9. The van der Waals surface area contributed by atoms with E-state index < -0.39 is 29.4 Å². The van der Waals surface area contributed by atoms with Gasteiger partial charge in [-0.2, -0.15) is 36.9 Å². The summed E-state index contributed by atoms with van der Waals surface area (Å²) >= 11 is 0. The number of amides is 1. The number of benzene rings is 6. The van der Waals surface area contributed by atoms with Gasteiger partial charge in [-0.25, -0.2) is 4.79 Å². The van der Waals surface area contributed by atoms with E-state index >= 15 is 0 Å². The minimum atomic E-state index is -4.40. The lowest BCUT2D eigenvalue weighted by Crippen LogP contribution is -2.23. The number of ether oxygens (including phenoxy) is 2. The van der Waals surface area contributed by atoms with Crippen LogP contribution < -0.4 is 20.5 Å². The van der Waals surface area contributed by atoms with Crippen molar-refractivity contribution in [3.8, 4) is 35.1 Å². The molecule has 0 aliphatic rings. The molecule has 9 nitrogen and oxygen atoms in total. The van der Waals surface area contributed by atoms with E-state index in [2.05, 4.69) is 11.1 Å². The summed E-state index contributed by atoms with van der Waals surface area (Å²) in [5.41, 5.74) is 3.71. The average molecular weight is 759 g/mol. The molecule has 0 aliphatic carbocycles. The van der Waals surface area contributed by atoms with Gasteiger partial charge in [-0.3, -0.25) is 4.79 Å². The zero-order valence-electron chi connectivity index (χ0n) is 28.3. The van der Waals surface area contributed by atoms with E-state index in [-0.39, 0.29) is 36.1 Å². The quantitative estimate of drug-likeness (QED) is 0.107. The topological polar surface area (TPSA) is 158 Å². The van der Waals surface area contributed by atoms with Crippen molar-refractivity contribution in [3.63, 3.8) is 0 Å². The number of fused-ring (bicyclic) bond motifs is 2. The van der Waals surface area contributed by atoms with Gasteiger partial charge in [0.15, 0.2) is 0 Å². The van der Waals surface area contributed by atoms with E-state index in [9.17, 15) is 35.9 Å². The largest absolute Gasteiger partial charge is 0.478 e. The summed E-state index contributed by atoms with van der Waals surface area (Å²) in [6.07, 6.45) is -8.80. The van der Waals surface area contributed by atoms with Crippen molar-refractivity contribution in [1.29, 1.82) is 10.5 Å². The molecular formula is C40H28F6N4O5. The van der Waals surface area contributed by atoms with Crippen LogP contribution in [0.2, 0.25) is 0 Å². The molecule has 0 bridgehead atoms. The molecule has 6 aromatic carbocycles. The molecule has 1 amide bonds. The van der Waals surface area contributed by atoms with Gasteiger partial charge in [0.2, 0.25) is 0 Å². The first kappa shape index (κ1) is 40.7. The molecule has 0 saturated heterocycles. The van der Waals surface area contributed by atoms with Crippen molar-refractivity contribution >= 4 is 33.4 Å². The first-order valence-electron chi connectivity index (χ1n) is 15.9. The van der Waals surface area contributed by atoms with E-state index in [1.807, 2.05) is 6.07 Å². The molecule has 0 aliphatic heterocycles. The summed E-state index contributed by atoms with van der Waals surface area (Å²) < 4.78 is 87.0. The second-order valence-electron chi connectivity index (χ2n) is 11.1. The van der Waals surface area contributed by atoms with Crippen LogP contribution in [0.15, 0.2) is 121 Å². The first-order chi connectivity index (χ1) is 26.1. The van der Waals surface area contributed by atoms with Gasteiger partial charge in [-0.15, -0.1) is 0 Å². The van der Waals surface area contributed by atoms with Gasteiger partial charge >= 0.3 is 18.3 Å². The van der Waals surface area contributed by atoms with Crippen molar-refractivity contribution in [2.24, 2.45) is 5.73 Å². The molecule has 6 rings (SSSR count). The molecule has 280 valence electrons. The number of aromatic carboxylic acids is 1. The second-order valence-corrected chi connectivity index (χ2v) is 11.1. The number of nitrogens with one attached hydrogen (secondary N) is 1. The number of carbonyl (C=O) groups excluding carboxylic acids is 1. The Hall–Kier alpha value is -7.10. The summed E-state index contributed by atoms with van der Waals surface area (Å²) in [6, 6.07) is 32.1. The van der Waals surface area contributed by atoms with Gasteiger partial charge in [-0.05, 0) is 108 Å². The van der Waals surface area contributed by atoms with Crippen LogP contribution in [0.4, 0.5) is 26.3 Å². The summed E-state index contributed by atoms with van der Waals surface area (Å²) in [5.74, 6) is 0.0167. The third-order valence-corrected chi connectivity index (χ3v) is 7.43. The molecule has 0 heterocycles. The lowest BCUT2D eigenvalue weighted by molar-refractivity contribution is -0.138. The number of carboxylic acids is 1. The molecule has 15 heteroatoms. The maximum Gasteiger partial charge on any atom is 0.416 e. The zero-order chi connectivity index (χ0) is 40.2. The molecule has 6 aromatic rings. The minimum Gasteiger partial charge on any atom is -0.478 e. The lowest BCUT2D eigenvalue weighted by atomic mass is 10.1. The highest BCUT2D eigenvalue weighted by Crippen LogP contribution is 2.35. The third-order valence-electron chi connectivity index (χ3n) is 7.43. The smallest absolute Gasteiger partial charge is 0.416 e. The van der Waals surface area contributed by atoms with Crippen LogP contribution >= 0.6 is 0 Å². The fourth-order valence-electron chi connectivity index (χ4n) is 4.86. The highest BCUT2D eigenvalue weighted by atomic mass is 19.4. The molecule has 0 aromatic heterocycles. The van der Waals surface area contributed by atoms with Gasteiger partial charge < -0.3 is 25.6 Å². The van der Waals surface area contributed by atoms with Gasteiger partial charge in [0.05, 0.1) is 35.4 Å². The molecule has 4 N–H and O–H groups in total. The summed E-state index contributed by atoms with van der Waals surface area (Å²) in [4.78, 5) is 23.0. The summed E-state index contributed by atoms with van der Waals surface area (Å²) in [5, 5.41) is 30.3. The van der Waals surface area contributed by atoms with Crippen LogP contribution in [0.3, 0.4) is 0 Å². The van der Waals surface area contributed by atoms with Crippen LogP contribution in [0.5, 0.6) is 23.0 Å². The van der Waals surface area contributed by atoms with Gasteiger partial charge in [-0.1, -0.05) is 24.3 Å².